The third-order valence-corrected chi connectivity index (χ3v) is 3.45. The predicted octanol–water partition coefficient (Wildman–Crippen LogP) is 3.98. The van der Waals surface area contributed by atoms with Gasteiger partial charge in [0.1, 0.15) is 11.6 Å². The first-order chi connectivity index (χ1) is 9.63. The van der Waals surface area contributed by atoms with Crippen LogP contribution in [0.1, 0.15) is 5.82 Å². The second-order valence-electron chi connectivity index (χ2n) is 4.58. The number of fused-ring (bicyclic) bond motifs is 1. The summed E-state index contributed by atoms with van der Waals surface area (Å²) >= 11 is 5.94. The van der Waals surface area contributed by atoms with Gasteiger partial charge in [-0.1, -0.05) is 17.7 Å². The Balaban J connectivity index is 1.86. The van der Waals surface area contributed by atoms with Gasteiger partial charge in [0.05, 0.1) is 17.6 Å². The first-order valence-corrected chi connectivity index (χ1v) is 6.61. The summed E-state index contributed by atoms with van der Waals surface area (Å²) in [5.41, 5.74) is 2.50. The third-order valence-electron chi connectivity index (χ3n) is 3.21. The summed E-state index contributed by atoms with van der Waals surface area (Å²) < 4.78 is 15.1. The quantitative estimate of drug-likeness (QED) is 0.790. The van der Waals surface area contributed by atoms with Crippen molar-refractivity contribution in [3.05, 3.63) is 59.1 Å². The zero-order valence-corrected chi connectivity index (χ0v) is 11.7. The van der Waals surface area contributed by atoms with Crippen LogP contribution in [-0.2, 0) is 13.6 Å². The highest BCUT2D eigenvalue weighted by Gasteiger charge is 2.08. The molecule has 1 aromatic heterocycles. The first kappa shape index (κ1) is 12.9. The van der Waals surface area contributed by atoms with Crippen molar-refractivity contribution < 1.29 is 4.39 Å². The molecular formula is C15H13ClFN3. The molecule has 3 rings (SSSR count). The van der Waals surface area contributed by atoms with Crippen LogP contribution in [0.3, 0.4) is 0 Å². The molecule has 20 heavy (non-hydrogen) atoms. The smallest absolute Gasteiger partial charge is 0.128 e. The van der Waals surface area contributed by atoms with Crippen LogP contribution in [0.25, 0.3) is 11.0 Å². The summed E-state index contributed by atoms with van der Waals surface area (Å²) in [7, 11) is 1.92. The number of nitrogens with one attached hydrogen (secondary N) is 1. The van der Waals surface area contributed by atoms with Crippen molar-refractivity contribution in [2.75, 3.05) is 5.32 Å². The highest BCUT2D eigenvalue weighted by atomic mass is 35.5. The Morgan fingerprint density at radius 3 is 2.90 bits per heavy atom. The molecule has 0 saturated carbocycles. The van der Waals surface area contributed by atoms with Crippen LogP contribution >= 0.6 is 11.6 Å². The second-order valence-corrected chi connectivity index (χ2v) is 5.02. The first-order valence-electron chi connectivity index (χ1n) is 6.24. The maximum Gasteiger partial charge on any atom is 0.128 e. The molecule has 0 radical (unpaired) electrons. The fourth-order valence-corrected chi connectivity index (χ4v) is 2.35. The van der Waals surface area contributed by atoms with Gasteiger partial charge in [0, 0.05) is 23.8 Å². The minimum Gasteiger partial charge on any atom is -0.378 e. The van der Waals surface area contributed by atoms with E-state index in [1.165, 1.54) is 12.1 Å². The number of rotatable bonds is 3. The van der Waals surface area contributed by atoms with E-state index in [0.717, 1.165) is 17.0 Å². The van der Waals surface area contributed by atoms with E-state index in [1.54, 1.807) is 6.07 Å². The van der Waals surface area contributed by atoms with E-state index in [0.29, 0.717) is 17.1 Å². The van der Waals surface area contributed by atoms with Crippen molar-refractivity contribution >= 4 is 28.3 Å². The maximum absolute atomic E-state index is 13.2. The number of hydrogen-bond acceptors (Lipinski definition) is 2. The van der Waals surface area contributed by atoms with Crippen molar-refractivity contribution in [3.63, 3.8) is 0 Å². The molecule has 0 fully saturated rings. The van der Waals surface area contributed by atoms with Gasteiger partial charge in [-0.2, -0.15) is 0 Å². The SMILES string of the molecule is Cn1c(CNc2cccc(Cl)c2)nc2cc(F)ccc21. The van der Waals surface area contributed by atoms with Gasteiger partial charge in [0.2, 0.25) is 0 Å². The molecule has 0 aliphatic rings. The van der Waals surface area contributed by atoms with Gasteiger partial charge in [-0.05, 0) is 30.3 Å². The molecular weight excluding hydrogens is 277 g/mol. The average Bonchev–Trinajstić information content (AvgIpc) is 2.72. The minimum atomic E-state index is -0.273. The largest absolute Gasteiger partial charge is 0.378 e. The molecule has 3 aromatic rings. The molecule has 0 saturated heterocycles. The van der Waals surface area contributed by atoms with Gasteiger partial charge in [-0.3, -0.25) is 0 Å². The second kappa shape index (κ2) is 5.13. The lowest BCUT2D eigenvalue weighted by Gasteiger charge is -2.06. The van der Waals surface area contributed by atoms with Gasteiger partial charge >= 0.3 is 0 Å². The van der Waals surface area contributed by atoms with Crippen LogP contribution in [0.4, 0.5) is 10.1 Å². The van der Waals surface area contributed by atoms with Crippen molar-refractivity contribution in [2.24, 2.45) is 7.05 Å². The number of halogens is 2. The normalized spacial score (nSPS) is 10.9. The molecule has 5 heteroatoms. The molecule has 0 aliphatic heterocycles. The Labute approximate surface area is 121 Å². The molecule has 102 valence electrons. The number of imidazole rings is 1. The van der Waals surface area contributed by atoms with Crippen LogP contribution < -0.4 is 5.32 Å². The number of aromatic nitrogens is 2. The Morgan fingerprint density at radius 2 is 2.10 bits per heavy atom. The molecule has 2 aromatic carbocycles. The number of nitrogens with zero attached hydrogens (tertiary/aromatic N) is 2. The van der Waals surface area contributed by atoms with Crippen LogP contribution in [0.2, 0.25) is 5.02 Å². The Bertz CT molecular complexity index is 767. The van der Waals surface area contributed by atoms with E-state index >= 15 is 0 Å². The Hall–Kier alpha value is -2.07. The van der Waals surface area contributed by atoms with Crippen molar-refractivity contribution in [1.29, 1.82) is 0 Å². The van der Waals surface area contributed by atoms with Crippen LogP contribution in [0.5, 0.6) is 0 Å². The molecule has 1 heterocycles. The average molecular weight is 290 g/mol. The van der Waals surface area contributed by atoms with Crippen molar-refractivity contribution in [2.45, 2.75) is 6.54 Å². The number of anilines is 1. The molecule has 1 N–H and O–H groups in total. The summed E-state index contributed by atoms with van der Waals surface area (Å²) in [6.45, 7) is 0.549. The summed E-state index contributed by atoms with van der Waals surface area (Å²) in [5, 5.41) is 3.94. The summed E-state index contributed by atoms with van der Waals surface area (Å²) in [4.78, 5) is 4.44. The fraction of sp³-hybridized carbons (Fsp3) is 0.133. The lowest BCUT2D eigenvalue weighted by atomic mass is 10.3. The van der Waals surface area contributed by atoms with Crippen molar-refractivity contribution in [3.8, 4) is 0 Å². The summed E-state index contributed by atoms with van der Waals surface area (Å²) in [6.07, 6.45) is 0. The topological polar surface area (TPSA) is 29.9 Å². The fourth-order valence-electron chi connectivity index (χ4n) is 2.16. The van der Waals surface area contributed by atoms with Crippen molar-refractivity contribution in [1.82, 2.24) is 9.55 Å². The number of aryl methyl sites for hydroxylation is 1. The van der Waals surface area contributed by atoms with Crippen LogP contribution in [0, 0.1) is 5.82 Å². The predicted molar refractivity (Wildman–Crippen MR) is 79.5 cm³/mol. The molecule has 0 aliphatic carbocycles. The van der Waals surface area contributed by atoms with Gasteiger partial charge in [-0.15, -0.1) is 0 Å². The highest BCUT2D eigenvalue weighted by molar-refractivity contribution is 6.30. The zero-order chi connectivity index (χ0) is 14.1. The lowest BCUT2D eigenvalue weighted by Crippen LogP contribution is -2.05. The Morgan fingerprint density at radius 1 is 1.25 bits per heavy atom. The molecule has 0 spiro atoms. The van der Waals surface area contributed by atoms with E-state index in [4.69, 9.17) is 11.6 Å². The summed E-state index contributed by atoms with van der Waals surface area (Å²) in [6, 6.07) is 12.1. The zero-order valence-electron chi connectivity index (χ0n) is 10.9. The van der Waals surface area contributed by atoms with E-state index in [-0.39, 0.29) is 5.82 Å². The van der Waals surface area contributed by atoms with Gasteiger partial charge in [0.25, 0.3) is 0 Å². The van der Waals surface area contributed by atoms with Crippen LogP contribution in [-0.4, -0.2) is 9.55 Å². The van der Waals surface area contributed by atoms with Crippen LogP contribution in [0.15, 0.2) is 42.5 Å². The monoisotopic (exact) mass is 289 g/mol. The molecule has 0 amide bonds. The Kier molecular flexibility index (Phi) is 3.32. The molecule has 0 atom stereocenters. The number of benzene rings is 2. The van der Waals surface area contributed by atoms with E-state index in [1.807, 2.05) is 35.9 Å². The van der Waals surface area contributed by atoms with E-state index in [2.05, 4.69) is 10.3 Å². The maximum atomic E-state index is 13.2. The summed E-state index contributed by atoms with van der Waals surface area (Å²) in [5.74, 6) is 0.565. The van der Waals surface area contributed by atoms with E-state index < -0.39 is 0 Å². The highest BCUT2D eigenvalue weighted by Crippen LogP contribution is 2.18. The standard InChI is InChI=1S/C15H13ClFN3/c1-20-14-6-5-11(17)8-13(14)19-15(20)9-18-12-4-2-3-10(16)7-12/h2-8,18H,9H2,1H3. The number of hydrogen-bond donors (Lipinski definition) is 1. The third kappa shape index (κ3) is 2.47. The van der Waals surface area contributed by atoms with Gasteiger partial charge in [-0.25, -0.2) is 9.37 Å². The molecule has 0 bridgehead atoms. The van der Waals surface area contributed by atoms with Gasteiger partial charge in [0.15, 0.2) is 0 Å². The van der Waals surface area contributed by atoms with Gasteiger partial charge < -0.3 is 9.88 Å². The lowest BCUT2D eigenvalue weighted by molar-refractivity contribution is 0.629. The molecule has 3 nitrogen and oxygen atoms in total. The molecule has 0 unspecified atom stereocenters. The van der Waals surface area contributed by atoms with E-state index in [9.17, 15) is 4.39 Å². The minimum absolute atomic E-state index is 0.273.